The Bertz CT molecular complexity index is 376. The summed E-state index contributed by atoms with van der Waals surface area (Å²) in [6, 6.07) is 0.531. The Morgan fingerprint density at radius 2 is 1.50 bits per heavy atom. The third-order valence-corrected chi connectivity index (χ3v) is 6.18. The average Bonchev–Trinajstić information content (AvgIpc) is 3.04. The number of hydrogen-bond acceptors (Lipinski definition) is 2. The van der Waals surface area contributed by atoms with Crippen molar-refractivity contribution in [2.45, 2.75) is 94.8 Å². The smallest absolute Gasteiger partial charge is 0.244 e. The zero-order chi connectivity index (χ0) is 13.6. The molecule has 0 radical (unpaired) electrons. The Kier molecular flexibility index (Phi) is 3.29. The molecule has 3 saturated carbocycles. The van der Waals surface area contributed by atoms with Crippen molar-refractivity contribution in [3.8, 4) is 0 Å². The molecule has 1 aliphatic heterocycles. The maximum absolute atomic E-state index is 12.9. The molecule has 1 spiro atoms. The van der Waals surface area contributed by atoms with Gasteiger partial charge in [-0.15, -0.1) is 0 Å². The van der Waals surface area contributed by atoms with E-state index in [0.717, 1.165) is 18.8 Å². The van der Waals surface area contributed by atoms with Gasteiger partial charge >= 0.3 is 0 Å². The summed E-state index contributed by atoms with van der Waals surface area (Å²) in [6.45, 7) is 0. The lowest BCUT2D eigenvalue weighted by Gasteiger charge is -2.35. The van der Waals surface area contributed by atoms with E-state index >= 15 is 0 Å². The quantitative estimate of drug-likeness (QED) is 0.786. The largest absolute Gasteiger partial charge is 0.322 e. The van der Waals surface area contributed by atoms with Crippen LogP contribution in [0.15, 0.2) is 0 Å². The fourth-order valence-corrected chi connectivity index (χ4v) is 4.82. The molecular weight excluding hydrogens is 248 g/mol. The maximum Gasteiger partial charge on any atom is 0.244 e. The monoisotopic (exact) mass is 276 g/mol. The minimum Gasteiger partial charge on any atom is -0.322 e. The Morgan fingerprint density at radius 1 is 0.900 bits per heavy atom. The Balaban J connectivity index is 1.57. The van der Waals surface area contributed by atoms with Crippen LogP contribution < -0.4 is 5.32 Å². The van der Waals surface area contributed by atoms with Gasteiger partial charge in [-0.3, -0.25) is 10.1 Å². The highest BCUT2D eigenvalue weighted by Gasteiger charge is 2.61. The first-order valence-corrected chi connectivity index (χ1v) is 8.91. The van der Waals surface area contributed by atoms with Crippen molar-refractivity contribution in [1.82, 2.24) is 10.2 Å². The molecule has 3 heteroatoms. The van der Waals surface area contributed by atoms with Gasteiger partial charge in [0.25, 0.3) is 0 Å². The van der Waals surface area contributed by atoms with E-state index in [-0.39, 0.29) is 5.54 Å². The second-order valence-corrected chi connectivity index (χ2v) is 7.57. The maximum atomic E-state index is 12.9. The van der Waals surface area contributed by atoms with Crippen LogP contribution in [-0.2, 0) is 4.79 Å². The normalized spacial score (nSPS) is 34.9. The molecule has 1 saturated heterocycles. The van der Waals surface area contributed by atoms with E-state index in [2.05, 4.69) is 10.2 Å². The molecule has 3 nitrogen and oxygen atoms in total. The van der Waals surface area contributed by atoms with Crippen molar-refractivity contribution < 1.29 is 4.79 Å². The molecule has 4 fully saturated rings. The van der Waals surface area contributed by atoms with Gasteiger partial charge in [-0.25, -0.2) is 0 Å². The van der Waals surface area contributed by atoms with Crippen LogP contribution in [0.5, 0.6) is 0 Å². The fourth-order valence-electron chi connectivity index (χ4n) is 4.82. The van der Waals surface area contributed by atoms with Crippen LogP contribution in [0.3, 0.4) is 0 Å². The summed E-state index contributed by atoms with van der Waals surface area (Å²) < 4.78 is 0. The van der Waals surface area contributed by atoms with Crippen LogP contribution in [0.4, 0.5) is 0 Å². The van der Waals surface area contributed by atoms with E-state index in [1.54, 1.807) is 0 Å². The van der Waals surface area contributed by atoms with Crippen LogP contribution in [0.2, 0.25) is 0 Å². The molecule has 0 aromatic rings. The third-order valence-electron chi connectivity index (χ3n) is 6.18. The van der Waals surface area contributed by atoms with Crippen LogP contribution in [-0.4, -0.2) is 28.6 Å². The van der Waals surface area contributed by atoms with E-state index in [1.165, 1.54) is 64.2 Å². The van der Waals surface area contributed by atoms with Crippen molar-refractivity contribution in [1.29, 1.82) is 0 Å². The fraction of sp³-hybridized carbons (Fsp3) is 0.941. The van der Waals surface area contributed by atoms with Gasteiger partial charge in [-0.2, -0.15) is 0 Å². The molecular formula is C17H28N2O. The lowest BCUT2D eigenvalue weighted by molar-refractivity contribution is -0.134. The van der Waals surface area contributed by atoms with Crippen molar-refractivity contribution in [3.63, 3.8) is 0 Å². The highest BCUT2D eigenvalue weighted by molar-refractivity contribution is 5.92. The molecule has 112 valence electrons. The van der Waals surface area contributed by atoms with E-state index in [1.807, 2.05) is 0 Å². The molecule has 0 bridgehead atoms. The predicted molar refractivity (Wildman–Crippen MR) is 79.2 cm³/mol. The summed E-state index contributed by atoms with van der Waals surface area (Å²) in [5.74, 6) is 1.18. The molecule has 4 rings (SSSR count). The molecule has 3 aliphatic carbocycles. The lowest BCUT2D eigenvalue weighted by atomic mass is 10.00. The summed E-state index contributed by atoms with van der Waals surface area (Å²) in [5, 5.41) is 3.78. The highest BCUT2D eigenvalue weighted by atomic mass is 16.2. The molecule has 0 aromatic carbocycles. The summed E-state index contributed by atoms with van der Waals surface area (Å²) >= 11 is 0. The molecule has 1 amide bonds. The van der Waals surface area contributed by atoms with E-state index < -0.39 is 0 Å². The van der Waals surface area contributed by atoms with Crippen LogP contribution in [0, 0.1) is 5.92 Å². The topological polar surface area (TPSA) is 32.3 Å². The van der Waals surface area contributed by atoms with Gasteiger partial charge in [-0.1, -0.05) is 38.5 Å². The summed E-state index contributed by atoms with van der Waals surface area (Å²) in [6.07, 6.45) is 15.8. The molecule has 1 atom stereocenters. The average molecular weight is 276 g/mol. The van der Waals surface area contributed by atoms with Crippen molar-refractivity contribution in [2.24, 2.45) is 5.92 Å². The Labute approximate surface area is 122 Å². The number of amides is 1. The standard InChI is InChI=1S/C17H28N2O/c20-16-17(11-12-17)18-15(13-7-5-6-8-13)19(16)14-9-3-1-2-4-10-14/h13-15,18H,1-12H2. The number of hydrogen-bond donors (Lipinski definition) is 1. The van der Waals surface area contributed by atoms with Gasteiger partial charge in [0, 0.05) is 6.04 Å². The van der Waals surface area contributed by atoms with Crippen LogP contribution in [0.1, 0.15) is 77.0 Å². The lowest BCUT2D eigenvalue weighted by Crippen LogP contribution is -2.48. The minimum absolute atomic E-state index is 0.112. The molecule has 1 N–H and O–H groups in total. The van der Waals surface area contributed by atoms with Crippen LogP contribution >= 0.6 is 0 Å². The molecule has 0 aromatic heterocycles. The number of nitrogens with one attached hydrogen (secondary N) is 1. The first-order valence-electron chi connectivity index (χ1n) is 8.91. The molecule has 20 heavy (non-hydrogen) atoms. The van der Waals surface area contributed by atoms with E-state index in [0.29, 0.717) is 18.1 Å². The van der Waals surface area contributed by atoms with E-state index in [4.69, 9.17) is 0 Å². The summed E-state index contributed by atoms with van der Waals surface area (Å²) in [7, 11) is 0. The van der Waals surface area contributed by atoms with Crippen molar-refractivity contribution in [2.75, 3.05) is 0 Å². The predicted octanol–water partition coefficient (Wildman–Crippen LogP) is 3.19. The van der Waals surface area contributed by atoms with Gasteiger partial charge < -0.3 is 4.90 Å². The van der Waals surface area contributed by atoms with Crippen molar-refractivity contribution in [3.05, 3.63) is 0 Å². The number of carbonyl (C=O) groups is 1. The molecule has 1 unspecified atom stereocenters. The first kappa shape index (κ1) is 13.1. The van der Waals surface area contributed by atoms with E-state index in [9.17, 15) is 4.79 Å². The second kappa shape index (κ2) is 5.01. The molecule has 4 aliphatic rings. The Morgan fingerprint density at radius 3 is 2.10 bits per heavy atom. The zero-order valence-electron chi connectivity index (χ0n) is 12.6. The van der Waals surface area contributed by atoms with Gasteiger partial charge in [0.15, 0.2) is 0 Å². The van der Waals surface area contributed by atoms with Crippen LogP contribution in [0.25, 0.3) is 0 Å². The number of rotatable bonds is 2. The minimum atomic E-state index is -0.112. The molecule has 1 heterocycles. The second-order valence-electron chi connectivity index (χ2n) is 7.57. The van der Waals surface area contributed by atoms with Gasteiger partial charge in [0.2, 0.25) is 5.91 Å². The Hall–Kier alpha value is -0.570. The SMILES string of the molecule is O=C1N(C2CCCCCC2)C(C2CCCC2)NC12CC2. The number of carbonyl (C=O) groups excluding carboxylic acids is 1. The van der Waals surface area contributed by atoms with Gasteiger partial charge in [-0.05, 0) is 44.4 Å². The van der Waals surface area contributed by atoms with Gasteiger partial charge in [0.1, 0.15) is 0 Å². The highest BCUT2D eigenvalue weighted by Crippen LogP contribution is 2.47. The summed E-state index contributed by atoms with van der Waals surface area (Å²) in [5.41, 5.74) is -0.112. The number of nitrogens with zero attached hydrogens (tertiary/aromatic N) is 1. The first-order chi connectivity index (χ1) is 9.80. The van der Waals surface area contributed by atoms with Crippen molar-refractivity contribution >= 4 is 5.91 Å². The van der Waals surface area contributed by atoms with Gasteiger partial charge in [0.05, 0.1) is 11.7 Å². The zero-order valence-corrected chi connectivity index (χ0v) is 12.6. The summed E-state index contributed by atoms with van der Waals surface area (Å²) in [4.78, 5) is 15.3. The third kappa shape index (κ3) is 2.09.